The lowest BCUT2D eigenvalue weighted by Gasteiger charge is -2.49. The number of ether oxygens (including phenoxy) is 3. The van der Waals surface area contributed by atoms with E-state index < -0.39 is 18.5 Å². The van der Waals surface area contributed by atoms with Gasteiger partial charge in [-0.3, -0.25) is 9.59 Å². The van der Waals surface area contributed by atoms with E-state index in [9.17, 15) is 19.5 Å². The normalized spacial score (nSPS) is 20.4. The van der Waals surface area contributed by atoms with E-state index in [1.165, 1.54) is 0 Å². The average Bonchev–Trinajstić information content (AvgIpc) is 2.82. The number of halogens is 1. The van der Waals surface area contributed by atoms with Crippen molar-refractivity contribution in [3.63, 3.8) is 0 Å². The number of allylic oxidation sites excluding steroid dienone is 4. The Bertz CT molecular complexity index is 1220. The van der Waals surface area contributed by atoms with Gasteiger partial charge in [-0.15, -0.1) is 0 Å². The van der Waals surface area contributed by atoms with Crippen molar-refractivity contribution < 1.29 is 33.7 Å². The van der Waals surface area contributed by atoms with Gasteiger partial charge in [-0.25, -0.2) is 4.79 Å². The quantitative estimate of drug-likeness (QED) is 0.245. The zero-order valence-corrected chi connectivity index (χ0v) is 26.5. The van der Waals surface area contributed by atoms with E-state index in [0.29, 0.717) is 58.8 Å². The van der Waals surface area contributed by atoms with Gasteiger partial charge in [0.1, 0.15) is 0 Å². The molecule has 0 bridgehead atoms. The van der Waals surface area contributed by atoms with Gasteiger partial charge in [-0.05, 0) is 77.3 Å². The van der Waals surface area contributed by atoms with E-state index in [0.717, 1.165) is 36.2 Å². The third kappa shape index (κ3) is 6.25. The Labute approximate surface area is 250 Å². The smallest absolute Gasteiger partial charge is 0.341 e. The Hall–Kier alpha value is -2.40. The zero-order valence-electron chi connectivity index (χ0n) is 24.3. The molecule has 1 aromatic rings. The molecule has 1 heterocycles. The zero-order chi connectivity index (χ0) is 29.4. The van der Waals surface area contributed by atoms with Crippen molar-refractivity contribution in [3.05, 3.63) is 43.8 Å². The molecule has 2 aliphatic carbocycles. The molecule has 0 fully saturated rings. The molecule has 8 nitrogen and oxygen atoms in total. The Kier molecular flexibility index (Phi) is 9.04. The number of rotatable bonds is 10. The number of Topliss-reactive ketones (excluding diaryl/α,β-unsaturated/α-hetero) is 2. The number of ketones is 2. The monoisotopic (exact) mass is 665 g/mol. The van der Waals surface area contributed by atoms with E-state index in [4.69, 9.17) is 14.2 Å². The van der Waals surface area contributed by atoms with Crippen LogP contribution >= 0.6 is 22.6 Å². The van der Waals surface area contributed by atoms with E-state index in [1.54, 1.807) is 7.11 Å². The van der Waals surface area contributed by atoms with Crippen molar-refractivity contribution in [1.82, 2.24) is 4.90 Å². The Morgan fingerprint density at radius 3 is 2.08 bits per heavy atom. The first kappa shape index (κ1) is 30.6. The summed E-state index contributed by atoms with van der Waals surface area (Å²) < 4.78 is 17.5. The molecule has 0 saturated carbocycles. The number of carboxylic acid groups (broad SMARTS) is 1. The third-order valence-electron chi connectivity index (χ3n) is 7.76. The molecule has 1 N–H and O–H groups in total. The summed E-state index contributed by atoms with van der Waals surface area (Å²) >= 11 is 2.11. The summed E-state index contributed by atoms with van der Waals surface area (Å²) in [6.07, 6.45) is 3.06. The van der Waals surface area contributed by atoms with E-state index in [2.05, 4.69) is 55.2 Å². The van der Waals surface area contributed by atoms with Gasteiger partial charge in [0.15, 0.2) is 29.7 Å². The fraction of sp³-hybridized carbons (Fsp3) is 0.581. The van der Waals surface area contributed by atoms with Crippen LogP contribution in [0.4, 0.5) is 0 Å². The highest BCUT2D eigenvalue weighted by atomic mass is 127. The molecule has 0 aromatic heterocycles. The number of carboxylic acids is 1. The molecular weight excluding hydrogens is 625 g/mol. The maximum Gasteiger partial charge on any atom is 0.341 e. The number of benzene rings is 1. The second kappa shape index (κ2) is 11.8. The molecule has 9 heteroatoms. The topological polar surface area (TPSA) is 102 Å². The van der Waals surface area contributed by atoms with Crippen LogP contribution in [0.25, 0.3) is 0 Å². The van der Waals surface area contributed by atoms with E-state index >= 15 is 0 Å². The standard InChI is InChI=1S/C31H40INO7/c1-7-39-24-12-18(11-19(32)29(24)40-17-25(36)37)26-27-20(13-30(2,3)15-22(27)34)33(9-8-10-38-6)21-14-31(4,5)16-23(35)28(21)26/h11-12,26H,7-10,13-17H2,1-6H3,(H,36,37). The van der Waals surface area contributed by atoms with Crippen molar-refractivity contribution >= 4 is 40.1 Å². The summed E-state index contributed by atoms with van der Waals surface area (Å²) in [5.41, 5.74) is 3.78. The van der Waals surface area contributed by atoms with Crippen molar-refractivity contribution in [2.75, 3.05) is 33.5 Å². The number of carbonyl (C=O) groups is 3. The molecule has 0 spiro atoms. The summed E-state index contributed by atoms with van der Waals surface area (Å²) in [5.74, 6) is -0.714. The van der Waals surface area contributed by atoms with Crippen LogP contribution in [0.2, 0.25) is 0 Å². The fourth-order valence-corrected chi connectivity index (χ4v) is 7.09. The summed E-state index contributed by atoms with van der Waals surface area (Å²) in [5, 5.41) is 9.18. The van der Waals surface area contributed by atoms with E-state index in [-0.39, 0.29) is 22.4 Å². The average molecular weight is 666 g/mol. The molecule has 0 atom stereocenters. The largest absolute Gasteiger partial charge is 0.490 e. The predicted molar refractivity (Wildman–Crippen MR) is 159 cm³/mol. The molecule has 0 radical (unpaired) electrons. The lowest BCUT2D eigenvalue weighted by molar-refractivity contribution is -0.139. The second-order valence-corrected chi connectivity index (χ2v) is 13.6. The Balaban J connectivity index is 1.96. The molecule has 4 rings (SSSR count). The number of methoxy groups -OCH3 is 1. The Morgan fingerprint density at radius 2 is 1.57 bits per heavy atom. The van der Waals surface area contributed by atoms with Crippen molar-refractivity contribution in [2.45, 2.75) is 72.6 Å². The third-order valence-corrected chi connectivity index (χ3v) is 8.56. The van der Waals surface area contributed by atoms with E-state index in [1.807, 2.05) is 19.1 Å². The van der Waals surface area contributed by atoms with Crippen LogP contribution in [0.3, 0.4) is 0 Å². The number of nitrogens with zero attached hydrogens (tertiary/aromatic N) is 1. The van der Waals surface area contributed by atoms with Crippen LogP contribution in [0.15, 0.2) is 34.7 Å². The molecule has 3 aliphatic rings. The van der Waals surface area contributed by atoms with Crippen LogP contribution in [0.1, 0.15) is 78.2 Å². The minimum Gasteiger partial charge on any atom is -0.490 e. The fourth-order valence-electron chi connectivity index (χ4n) is 6.31. The molecule has 0 saturated heterocycles. The molecule has 0 unspecified atom stereocenters. The summed E-state index contributed by atoms with van der Waals surface area (Å²) in [7, 11) is 1.68. The van der Waals surface area contributed by atoms with Crippen molar-refractivity contribution in [2.24, 2.45) is 10.8 Å². The maximum absolute atomic E-state index is 14.0. The van der Waals surface area contributed by atoms with Crippen LogP contribution in [0.5, 0.6) is 11.5 Å². The first-order valence-corrected chi connectivity index (χ1v) is 15.0. The van der Waals surface area contributed by atoms with Crippen molar-refractivity contribution in [1.29, 1.82) is 0 Å². The van der Waals surface area contributed by atoms with Crippen molar-refractivity contribution in [3.8, 4) is 11.5 Å². The summed E-state index contributed by atoms with van der Waals surface area (Å²) in [4.78, 5) is 41.4. The van der Waals surface area contributed by atoms with Gasteiger partial charge in [0.2, 0.25) is 0 Å². The second-order valence-electron chi connectivity index (χ2n) is 12.5. The molecule has 1 aromatic carbocycles. The molecule has 0 amide bonds. The van der Waals surface area contributed by atoms with Crippen LogP contribution < -0.4 is 9.47 Å². The highest BCUT2D eigenvalue weighted by molar-refractivity contribution is 14.1. The van der Waals surface area contributed by atoms with Gasteiger partial charge in [0.05, 0.1) is 10.2 Å². The Morgan fingerprint density at radius 1 is 1.00 bits per heavy atom. The highest BCUT2D eigenvalue weighted by Crippen LogP contribution is 2.55. The van der Waals surface area contributed by atoms with Gasteiger partial charge in [0.25, 0.3) is 0 Å². The summed E-state index contributed by atoms with van der Waals surface area (Å²) in [6, 6.07) is 3.73. The molecule has 40 heavy (non-hydrogen) atoms. The van der Waals surface area contributed by atoms with Gasteiger partial charge < -0.3 is 24.2 Å². The number of hydrogen-bond acceptors (Lipinski definition) is 7. The van der Waals surface area contributed by atoms with Gasteiger partial charge in [0, 0.05) is 61.6 Å². The molecule has 1 aliphatic heterocycles. The lowest BCUT2D eigenvalue weighted by atomic mass is 9.63. The highest BCUT2D eigenvalue weighted by Gasteiger charge is 2.49. The maximum atomic E-state index is 14.0. The number of hydrogen-bond donors (Lipinski definition) is 1. The van der Waals surface area contributed by atoms with Crippen LogP contribution in [0, 0.1) is 14.4 Å². The minimum absolute atomic E-state index is 0.0661. The van der Waals surface area contributed by atoms with Gasteiger partial charge in [-0.2, -0.15) is 0 Å². The first-order valence-electron chi connectivity index (χ1n) is 13.9. The minimum atomic E-state index is -1.08. The van der Waals surface area contributed by atoms with Crippen LogP contribution in [-0.2, 0) is 19.1 Å². The predicted octanol–water partition coefficient (Wildman–Crippen LogP) is 5.88. The molecule has 218 valence electrons. The summed E-state index contributed by atoms with van der Waals surface area (Å²) in [6.45, 7) is 11.5. The lowest BCUT2D eigenvalue weighted by Crippen LogP contribution is -2.44. The first-order chi connectivity index (χ1) is 18.8. The molecular formula is C31H40INO7. The van der Waals surface area contributed by atoms with Gasteiger partial charge in [-0.1, -0.05) is 27.7 Å². The number of carbonyl (C=O) groups excluding carboxylic acids is 2. The van der Waals surface area contributed by atoms with Gasteiger partial charge >= 0.3 is 5.97 Å². The number of aliphatic carboxylic acids is 1. The SMILES string of the molecule is CCOc1cc(C2C3=C(CC(C)(C)CC3=O)N(CCCOC)C3=C2C(=O)CC(C)(C)C3)cc(I)c1OCC(=O)O. The van der Waals surface area contributed by atoms with Crippen LogP contribution in [-0.4, -0.2) is 61.0 Å².